The lowest BCUT2D eigenvalue weighted by atomic mass is 9.74. The van der Waals surface area contributed by atoms with Crippen LogP contribution in [0, 0.1) is 13.8 Å². The number of fused-ring (bicyclic) bond motifs is 10. The molecule has 19 heteroatoms. The Labute approximate surface area is 348 Å². The topological polar surface area (TPSA) is 194 Å². The highest BCUT2D eigenvalue weighted by atomic mass is 32.5. The molecule has 1 aromatic heterocycles. The Kier molecular flexibility index (Phi) is 9.07. The largest absolute Gasteiger partial charge is 0.504 e. The van der Waals surface area contributed by atoms with E-state index in [1.54, 1.807) is 14.0 Å². The molecule has 7 aliphatic heterocycles. The van der Waals surface area contributed by atoms with E-state index in [2.05, 4.69) is 10.3 Å². The van der Waals surface area contributed by atoms with E-state index in [1.807, 2.05) is 48.0 Å². The van der Waals surface area contributed by atoms with E-state index in [-0.39, 0.29) is 24.0 Å². The average Bonchev–Trinajstić information content (AvgIpc) is 3.84. The molecule has 7 atom stereocenters. The maximum absolute atomic E-state index is 15.5. The van der Waals surface area contributed by atoms with Gasteiger partial charge in [0.25, 0.3) is 0 Å². The fraction of sp³-hybridized carbons (Fsp3) is 0.450. The number of esters is 2. The number of aromatic nitrogens is 1. The van der Waals surface area contributed by atoms with Gasteiger partial charge < -0.3 is 48.3 Å². The van der Waals surface area contributed by atoms with E-state index >= 15 is 4.79 Å². The number of ether oxygens (including phenoxy) is 6. The van der Waals surface area contributed by atoms with Gasteiger partial charge in [0.05, 0.1) is 48.9 Å². The molecule has 0 aliphatic carbocycles. The molecule has 7 aliphatic rings. The number of nitrogens with zero attached hydrogens (tertiary/aromatic N) is 2. The van der Waals surface area contributed by atoms with Crippen LogP contribution in [0.25, 0.3) is 10.9 Å². The van der Waals surface area contributed by atoms with Gasteiger partial charge in [-0.25, -0.2) is 9.69 Å². The first-order valence-electron chi connectivity index (χ1n) is 19.2. The Bertz CT molecular complexity index is 2550. The molecular weight excluding hydrogens is 824 g/mol. The van der Waals surface area contributed by atoms with Crippen LogP contribution in [-0.2, 0) is 49.0 Å². The van der Waals surface area contributed by atoms with E-state index in [1.165, 1.54) is 25.8 Å². The fourth-order valence-corrected chi connectivity index (χ4v) is 13.0. The molecule has 2 fully saturated rings. The van der Waals surface area contributed by atoms with Gasteiger partial charge in [-0.15, -0.1) is 11.8 Å². The third kappa shape index (κ3) is 5.61. The van der Waals surface area contributed by atoms with Gasteiger partial charge in [0, 0.05) is 46.8 Å². The summed E-state index contributed by atoms with van der Waals surface area (Å²) < 4.78 is 42.8. The minimum atomic E-state index is -4.40. The Morgan fingerprint density at radius 3 is 2.59 bits per heavy atom. The Balaban J connectivity index is 1.27. The number of benzene rings is 3. The van der Waals surface area contributed by atoms with Crippen LogP contribution in [0.4, 0.5) is 0 Å². The van der Waals surface area contributed by atoms with Crippen molar-refractivity contribution in [2.75, 3.05) is 40.4 Å². The zero-order chi connectivity index (χ0) is 41.4. The number of likely N-dealkylation sites (N-methyl/N-ethyl adjacent to an activating group) is 1. The van der Waals surface area contributed by atoms with Crippen LogP contribution >= 0.6 is 18.5 Å². The number of hydrogen-bond acceptors (Lipinski definition) is 15. The number of aromatic hydroxyl groups is 1. The molecule has 1 unspecified atom stereocenters. The van der Waals surface area contributed by atoms with Crippen molar-refractivity contribution >= 4 is 53.1 Å². The molecule has 0 saturated carbocycles. The second-order valence-electron chi connectivity index (χ2n) is 15.9. The van der Waals surface area contributed by atoms with Gasteiger partial charge in [0.1, 0.15) is 17.7 Å². The average molecular weight is 867 g/mol. The van der Waals surface area contributed by atoms with Crippen molar-refractivity contribution in [2.45, 2.75) is 75.0 Å². The highest BCUT2D eigenvalue weighted by molar-refractivity contribution is 8.06. The first kappa shape index (κ1) is 39.1. The van der Waals surface area contributed by atoms with Crippen molar-refractivity contribution in [3.05, 3.63) is 68.9 Å². The van der Waals surface area contributed by atoms with Crippen molar-refractivity contribution in [3.63, 3.8) is 0 Å². The van der Waals surface area contributed by atoms with Crippen LogP contribution in [0.5, 0.6) is 34.5 Å². The summed E-state index contributed by atoms with van der Waals surface area (Å²) >= 11 is 6.64. The molecule has 5 N–H and O–H groups in total. The predicted molar refractivity (Wildman–Crippen MR) is 217 cm³/mol. The molecular formula is C40H43N4O12PS2. The normalized spacial score (nSPS) is 28.2. The number of phenolic OH excluding ortho intramolecular Hbond substituents is 1. The molecule has 8 heterocycles. The van der Waals surface area contributed by atoms with Gasteiger partial charge in [0.2, 0.25) is 6.79 Å². The van der Waals surface area contributed by atoms with Crippen molar-refractivity contribution in [2.24, 2.45) is 0 Å². The minimum absolute atomic E-state index is 0.0323. The zero-order valence-corrected chi connectivity index (χ0v) is 35.5. The van der Waals surface area contributed by atoms with Gasteiger partial charge in [-0.3, -0.25) is 19.5 Å². The van der Waals surface area contributed by atoms with E-state index in [4.69, 9.17) is 44.8 Å². The molecule has 16 nitrogen and oxygen atoms in total. The molecule has 59 heavy (non-hydrogen) atoms. The number of nitrogens with one attached hydrogen (secondary N) is 2. The summed E-state index contributed by atoms with van der Waals surface area (Å²) in [6.45, 7) is 0.853. The van der Waals surface area contributed by atoms with Crippen LogP contribution in [0.1, 0.15) is 69.1 Å². The first-order chi connectivity index (χ1) is 28.2. The number of carbonyl (C=O) groups excluding carboxylic acids is 2. The van der Waals surface area contributed by atoms with Crippen molar-refractivity contribution < 1.29 is 57.4 Å². The first-order valence-corrected chi connectivity index (χ1v) is 22.9. The predicted octanol–water partition coefficient (Wildman–Crippen LogP) is 4.38. The quantitative estimate of drug-likeness (QED) is 0.108. The van der Waals surface area contributed by atoms with Crippen LogP contribution in [0.3, 0.4) is 0 Å². The number of aromatic amines is 1. The summed E-state index contributed by atoms with van der Waals surface area (Å²) in [5.41, 5.74) is 4.59. The van der Waals surface area contributed by atoms with Crippen molar-refractivity contribution in [3.8, 4) is 34.5 Å². The molecule has 4 bridgehead atoms. The molecule has 0 amide bonds. The van der Waals surface area contributed by atoms with E-state index in [0.717, 1.165) is 27.6 Å². The van der Waals surface area contributed by atoms with Gasteiger partial charge in [-0.1, -0.05) is 6.07 Å². The van der Waals surface area contributed by atoms with Gasteiger partial charge in [-0.2, -0.15) is 0 Å². The van der Waals surface area contributed by atoms with Gasteiger partial charge in [0.15, 0.2) is 34.8 Å². The standard InChI is InChI=1S/C40H43N4O12PS2/c1-16-11-19-12-24-37(56-57(48,49)58)44-29(28(43(24)4)25(19)30(46)31(16)51-6)35-26-27(34-33(52-15-53-34)17(2)32(26)54-18(3)45)38(44)55-39(47)40(14-59-35)36-21(9-10-41-40)22-13-20(50-5)7-8-23(22)42-36/h7-8,11,13,24,28-29,35,37-38,41-42,46H,9-10,12,14-15H2,1-6H3,(H2,48,49,58)/t24-,28+,29?,35+,37-,38-,40+/m0/s1. The third-order valence-electron chi connectivity index (χ3n) is 12.8. The lowest BCUT2D eigenvalue weighted by Gasteiger charge is -2.61. The fourth-order valence-electron chi connectivity index (χ4n) is 10.5. The zero-order valence-electron chi connectivity index (χ0n) is 33.0. The summed E-state index contributed by atoms with van der Waals surface area (Å²) in [4.78, 5) is 57.9. The van der Waals surface area contributed by atoms with E-state index < -0.39 is 60.0 Å². The van der Waals surface area contributed by atoms with Crippen LogP contribution < -0.4 is 29.0 Å². The maximum Gasteiger partial charge on any atom is 0.335 e. The van der Waals surface area contributed by atoms with Crippen LogP contribution in [0.2, 0.25) is 0 Å². The smallest absolute Gasteiger partial charge is 0.335 e. The Morgan fingerprint density at radius 1 is 1.08 bits per heavy atom. The SMILES string of the molecule is COc1ccc2[nH]c3c(c2c1)CCN[C@]31CS[C@@H]2c3c(OC(C)=O)c(C)c4c(c3[C@H](OC1=O)N1C2[C@H]2c3c(cc(C)c(OC)c3O)C[C@@H]([C@@H]1OP(O)(O)=S)N2C)OCO4. The number of aryl methyl sites for hydroxylation is 1. The minimum Gasteiger partial charge on any atom is -0.504 e. The Hall–Kier alpha value is -4.10. The number of carbonyl (C=O) groups is 2. The second kappa shape index (κ2) is 13.7. The maximum atomic E-state index is 15.5. The summed E-state index contributed by atoms with van der Waals surface area (Å²) in [7, 11) is 5.01. The number of H-pyrrole nitrogens is 1. The number of methoxy groups -OCH3 is 2. The lowest BCUT2D eigenvalue weighted by molar-refractivity contribution is -0.222. The van der Waals surface area contributed by atoms with Crippen molar-refractivity contribution in [1.82, 2.24) is 20.1 Å². The molecule has 2 saturated heterocycles. The summed E-state index contributed by atoms with van der Waals surface area (Å²) in [5.74, 6) is 0.781. The summed E-state index contributed by atoms with van der Waals surface area (Å²) in [6, 6.07) is 5.71. The Morgan fingerprint density at radius 2 is 1.86 bits per heavy atom. The van der Waals surface area contributed by atoms with E-state index in [0.29, 0.717) is 70.3 Å². The number of thioether (sulfide) groups is 1. The number of phenols is 1. The highest BCUT2D eigenvalue weighted by Crippen LogP contribution is 2.66. The van der Waals surface area contributed by atoms with Crippen LogP contribution in [0.15, 0.2) is 24.3 Å². The molecule has 0 radical (unpaired) electrons. The van der Waals surface area contributed by atoms with Crippen LogP contribution in [-0.4, -0.2) is 100 Å². The molecule has 3 aromatic carbocycles. The monoisotopic (exact) mass is 866 g/mol. The molecule has 11 rings (SSSR count). The van der Waals surface area contributed by atoms with E-state index in [9.17, 15) is 19.7 Å². The van der Waals surface area contributed by atoms with Gasteiger partial charge >= 0.3 is 18.7 Å². The third-order valence-corrected chi connectivity index (χ3v) is 15.0. The number of hydrogen-bond donors (Lipinski definition) is 5. The lowest BCUT2D eigenvalue weighted by Crippen LogP contribution is -2.69. The number of piperazine rings is 1. The summed E-state index contributed by atoms with van der Waals surface area (Å²) in [6.07, 6.45) is -1.60. The number of rotatable bonds is 5. The second-order valence-corrected chi connectivity index (χ2v) is 19.6. The summed E-state index contributed by atoms with van der Waals surface area (Å²) in [5, 5.41) is 15.9. The van der Waals surface area contributed by atoms with Crippen molar-refractivity contribution in [1.29, 1.82) is 0 Å². The molecule has 4 aromatic rings. The molecule has 1 spiro atoms. The molecule has 312 valence electrons. The van der Waals surface area contributed by atoms with Gasteiger partial charge in [-0.05, 0) is 80.4 Å². The highest BCUT2D eigenvalue weighted by Gasteiger charge is 2.64.